The van der Waals surface area contributed by atoms with E-state index in [0.717, 1.165) is 11.1 Å². The van der Waals surface area contributed by atoms with Crippen LogP contribution >= 0.6 is 0 Å². The van der Waals surface area contributed by atoms with Gasteiger partial charge in [0, 0.05) is 12.2 Å². The molecule has 0 heterocycles. The number of methoxy groups -OCH3 is 1. The first-order valence-electron chi connectivity index (χ1n) is 9.61. The highest BCUT2D eigenvalue weighted by molar-refractivity contribution is 6.03. The zero-order valence-electron chi connectivity index (χ0n) is 18.2. The van der Waals surface area contributed by atoms with E-state index >= 15 is 0 Å². The number of likely N-dealkylation sites (N-methyl/N-ethyl adjacent to an activating group) is 1. The van der Waals surface area contributed by atoms with Crippen molar-refractivity contribution < 1.29 is 27.8 Å². The smallest absolute Gasteiger partial charge is 0.387 e. The maximum absolute atomic E-state index is 12.6. The number of amides is 3. The molecule has 2 aromatic carbocycles. The van der Waals surface area contributed by atoms with Crippen LogP contribution in [0.25, 0.3) is 0 Å². The van der Waals surface area contributed by atoms with E-state index in [9.17, 15) is 18.4 Å². The number of hydrogen-bond acceptors (Lipinski definition) is 5. The van der Waals surface area contributed by atoms with Crippen LogP contribution in [0.2, 0.25) is 0 Å². The number of aryl methyl sites for hydroxylation is 2. The molecular weight excluding hydrogens is 408 g/mol. The lowest BCUT2D eigenvalue weighted by molar-refractivity contribution is -0.124. The van der Waals surface area contributed by atoms with E-state index in [1.807, 2.05) is 26.0 Å². The monoisotopic (exact) mass is 435 g/mol. The van der Waals surface area contributed by atoms with Crippen molar-refractivity contribution in [1.29, 1.82) is 0 Å². The first kappa shape index (κ1) is 24.1. The Balaban J connectivity index is 1.98. The Labute approximate surface area is 180 Å². The summed E-state index contributed by atoms with van der Waals surface area (Å²) in [6.07, 6.45) is 0. The highest BCUT2D eigenvalue weighted by Crippen LogP contribution is 2.30. The molecule has 1 unspecified atom stereocenters. The third kappa shape index (κ3) is 6.92. The normalized spacial score (nSPS) is 11.9. The van der Waals surface area contributed by atoms with Crippen LogP contribution in [0.15, 0.2) is 36.4 Å². The molecule has 0 bridgehead atoms. The van der Waals surface area contributed by atoms with Gasteiger partial charge in [0.05, 0.1) is 13.2 Å². The second-order valence-electron chi connectivity index (χ2n) is 7.22. The Hall–Kier alpha value is -3.20. The van der Waals surface area contributed by atoms with Crippen molar-refractivity contribution in [1.82, 2.24) is 10.2 Å². The van der Waals surface area contributed by atoms with Crippen molar-refractivity contribution in [3.05, 3.63) is 53.1 Å². The number of nitrogens with zero attached hydrogens (tertiary/aromatic N) is 1. The average molecular weight is 435 g/mol. The van der Waals surface area contributed by atoms with Crippen LogP contribution in [-0.4, -0.2) is 43.6 Å². The first-order chi connectivity index (χ1) is 14.6. The van der Waals surface area contributed by atoms with Crippen molar-refractivity contribution in [3.63, 3.8) is 0 Å². The molecule has 0 aliphatic carbocycles. The summed E-state index contributed by atoms with van der Waals surface area (Å²) in [6.45, 7) is 2.73. The van der Waals surface area contributed by atoms with E-state index in [1.165, 1.54) is 19.2 Å². The Morgan fingerprint density at radius 1 is 1.10 bits per heavy atom. The van der Waals surface area contributed by atoms with Crippen molar-refractivity contribution in [2.45, 2.75) is 40.0 Å². The quantitative estimate of drug-likeness (QED) is 0.653. The van der Waals surface area contributed by atoms with E-state index < -0.39 is 24.6 Å². The number of hydrogen-bond donors (Lipinski definition) is 2. The minimum Gasteiger partial charge on any atom is -0.493 e. The standard InChI is InChI=1S/C22H27F2N3O4/c1-13-6-8-17(14(2)10-13)25-22(29)26-20(28)15(3)27(4)12-16-7-9-18(30-5)19(11-16)31-21(23)24/h6-11,15,21H,12H2,1-5H3,(H2,25,26,28,29). The van der Waals surface area contributed by atoms with Gasteiger partial charge < -0.3 is 14.8 Å². The van der Waals surface area contributed by atoms with Crippen molar-refractivity contribution in [2.75, 3.05) is 19.5 Å². The van der Waals surface area contributed by atoms with Crippen LogP contribution in [0.3, 0.4) is 0 Å². The number of halogens is 2. The Morgan fingerprint density at radius 2 is 1.81 bits per heavy atom. The summed E-state index contributed by atoms with van der Waals surface area (Å²) < 4.78 is 34.7. The fourth-order valence-corrected chi connectivity index (χ4v) is 2.96. The lowest BCUT2D eigenvalue weighted by atomic mass is 10.1. The van der Waals surface area contributed by atoms with Crippen molar-refractivity contribution in [2.24, 2.45) is 0 Å². The molecule has 0 saturated heterocycles. The van der Waals surface area contributed by atoms with E-state index in [4.69, 9.17) is 4.74 Å². The molecular formula is C22H27F2N3O4. The van der Waals surface area contributed by atoms with Gasteiger partial charge in [-0.25, -0.2) is 4.79 Å². The molecule has 0 spiro atoms. The Bertz CT molecular complexity index is 937. The third-order valence-electron chi connectivity index (χ3n) is 4.78. The molecule has 0 aliphatic heterocycles. The predicted octanol–water partition coefficient (Wildman–Crippen LogP) is 4.08. The summed E-state index contributed by atoms with van der Waals surface area (Å²) >= 11 is 0. The maximum atomic E-state index is 12.6. The number of ether oxygens (including phenoxy) is 2. The second kappa shape index (κ2) is 10.7. The molecule has 2 N–H and O–H groups in total. The van der Waals surface area contributed by atoms with Crippen LogP contribution in [0, 0.1) is 13.8 Å². The SMILES string of the molecule is COc1ccc(CN(C)C(C)C(=O)NC(=O)Nc2ccc(C)cc2C)cc1OC(F)F. The molecule has 2 aromatic rings. The molecule has 0 radical (unpaired) electrons. The van der Waals surface area contributed by atoms with E-state index in [2.05, 4.69) is 15.4 Å². The molecule has 2 rings (SSSR count). The van der Waals surface area contributed by atoms with E-state index in [1.54, 1.807) is 31.0 Å². The second-order valence-corrected chi connectivity index (χ2v) is 7.22. The lowest BCUT2D eigenvalue weighted by Crippen LogP contribution is -2.46. The molecule has 168 valence electrons. The van der Waals surface area contributed by atoms with Gasteiger partial charge in [-0.2, -0.15) is 8.78 Å². The number of nitrogens with one attached hydrogen (secondary N) is 2. The number of anilines is 1. The number of rotatable bonds is 8. The molecule has 0 aliphatic rings. The summed E-state index contributed by atoms with van der Waals surface area (Å²) in [5.41, 5.74) is 3.20. The molecule has 3 amide bonds. The van der Waals surface area contributed by atoms with Gasteiger partial charge in [0.25, 0.3) is 0 Å². The summed E-state index contributed by atoms with van der Waals surface area (Å²) in [6, 6.07) is 8.90. The summed E-state index contributed by atoms with van der Waals surface area (Å²) in [5, 5.41) is 4.98. The van der Waals surface area contributed by atoms with Gasteiger partial charge in [0.2, 0.25) is 5.91 Å². The summed E-state index contributed by atoms with van der Waals surface area (Å²) in [4.78, 5) is 26.3. The van der Waals surface area contributed by atoms with Gasteiger partial charge in [0.1, 0.15) is 0 Å². The average Bonchev–Trinajstić information content (AvgIpc) is 2.69. The van der Waals surface area contributed by atoms with Crippen molar-refractivity contribution in [3.8, 4) is 11.5 Å². The first-order valence-corrected chi connectivity index (χ1v) is 9.61. The van der Waals surface area contributed by atoms with Crippen molar-refractivity contribution >= 4 is 17.6 Å². The molecule has 0 fully saturated rings. The van der Waals surface area contributed by atoms with E-state index in [-0.39, 0.29) is 18.0 Å². The van der Waals surface area contributed by atoms with E-state index in [0.29, 0.717) is 11.3 Å². The molecule has 9 heteroatoms. The summed E-state index contributed by atoms with van der Waals surface area (Å²) in [5.74, 6) is -0.406. The number of urea groups is 1. The van der Waals surface area contributed by atoms with Gasteiger partial charge >= 0.3 is 12.6 Å². The minimum atomic E-state index is -2.98. The van der Waals surface area contributed by atoms with Crippen LogP contribution in [0.1, 0.15) is 23.6 Å². The lowest BCUT2D eigenvalue weighted by Gasteiger charge is -2.24. The number of carbonyl (C=O) groups is 2. The molecule has 7 nitrogen and oxygen atoms in total. The van der Waals surface area contributed by atoms with Gasteiger partial charge in [0.15, 0.2) is 11.5 Å². The van der Waals surface area contributed by atoms with Crippen LogP contribution < -0.4 is 20.1 Å². The fraction of sp³-hybridized carbons (Fsp3) is 0.364. The number of carbonyl (C=O) groups excluding carboxylic acids is 2. The molecule has 0 saturated carbocycles. The molecule has 1 atom stereocenters. The fourth-order valence-electron chi connectivity index (χ4n) is 2.96. The Kier molecular flexibility index (Phi) is 8.32. The highest BCUT2D eigenvalue weighted by atomic mass is 19.3. The third-order valence-corrected chi connectivity index (χ3v) is 4.78. The van der Waals surface area contributed by atoms with Gasteiger partial charge in [-0.3, -0.25) is 15.0 Å². The topological polar surface area (TPSA) is 79.9 Å². The maximum Gasteiger partial charge on any atom is 0.387 e. The Morgan fingerprint density at radius 3 is 2.42 bits per heavy atom. The summed E-state index contributed by atoms with van der Waals surface area (Å²) in [7, 11) is 3.04. The largest absolute Gasteiger partial charge is 0.493 e. The van der Waals surface area contributed by atoms with Gasteiger partial charge in [-0.05, 0) is 57.1 Å². The molecule has 31 heavy (non-hydrogen) atoms. The zero-order valence-corrected chi connectivity index (χ0v) is 18.2. The number of alkyl halides is 2. The predicted molar refractivity (Wildman–Crippen MR) is 114 cm³/mol. The van der Waals surface area contributed by atoms with Gasteiger partial charge in [-0.15, -0.1) is 0 Å². The number of imide groups is 1. The van der Waals surface area contributed by atoms with Crippen LogP contribution in [0.5, 0.6) is 11.5 Å². The van der Waals surface area contributed by atoms with Crippen LogP contribution in [0.4, 0.5) is 19.3 Å². The van der Waals surface area contributed by atoms with Gasteiger partial charge in [-0.1, -0.05) is 23.8 Å². The number of benzene rings is 2. The zero-order chi connectivity index (χ0) is 23.1. The molecule has 0 aromatic heterocycles. The highest BCUT2D eigenvalue weighted by Gasteiger charge is 2.21. The minimum absolute atomic E-state index is 0.0895. The van der Waals surface area contributed by atoms with Crippen LogP contribution in [-0.2, 0) is 11.3 Å².